The number of nitrogens with zero attached hydrogens (tertiary/aromatic N) is 4. The van der Waals surface area contributed by atoms with E-state index in [2.05, 4.69) is 53.1 Å². The first-order valence-corrected chi connectivity index (χ1v) is 10.3. The van der Waals surface area contributed by atoms with E-state index in [-0.39, 0.29) is 11.9 Å². The third-order valence-electron chi connectivity index (χ3n) is 5.22. The van der Waals surface area contributed by atoms with E-state index in [1.807, 2.05) is 6.92 Å². The topological polar surface area (TPSA) is 53.7 Å². The molecule has 3 heterocycles. The van der Waals surface area contributed by atoms with Gasteiger partial charge < -0.3 is 5.11 Å². The Kier molecular flexibility index (Phi) is 4.71. The first-order valence-electron chi connectivity index (χ1n) is 9.44. The molecule has 0 bridgehead atoms. The molecule has 0 radical (unpaired) electrons. The van der Waals surface area contributed by atoms with Gasteiger partial charge in [0.05, 0.1) is 10.9 Å². The fourth-order valence-electron chi connectivity index (χ4n) is 3.95. The van der Waals surface area contributed by atoms with E-state index >= 15 is 0 Å². The molecule has 1 aromatic carbocycles. The average molecular weight is 371 g/mol. The molecule has 0 unspecified atom stereocenters. The van der Waals surface area contributed by atoms with Gasteiger partial charge in [0.15, 0.2) is 5.82 Å². The number of fused-ring (bicyclic) bond motifs is 1. The molecule has 5 nitrogen and oxygen atoms in total. The number of hydrogen-bond donors (Lipinski definition) is 1. The molecule has 0 saturated carbocycles. The lowest BCUT2D eigenvalue weighted by atomic mass is 9.95. The fraction of sp³-hybridized carbons (Fsp3) is 0.500. The van der Waals surface area contributed by atoms with Crippen LogP contribution in [-0.4, -0.2) is 37.7 Å². The second-order valence-corrected chi connectivity index (χ2v) is 8.43. The molecule has 1 fully saturated rings. The van der Waals surface area contributed by atoms with Crippen molar-refractivity contribution < 1.29 is 5.11 Å². The van der Waals surface area contributed by atoms with Crippen molar-refractivity contribution in [2.24, 2.45) is 5.92 Å². The van der Waals surface area contributed by atoms with Crippen molar-refractivity contribution in [1.82, 2.24) is 19.5 Å². The lowest BCUT2D eigenvalue weighted by molar-refractivity contribution is 0.149. The van der Waals surface area contributed by atoms with Crippen LogP contribution < -0.4 is 0 Å². The van der Waals surface area contributed by atoms with Gasteiger partial charge in [0.2, 0.25) is 10.8 Å². The summed E-state index contributed by atoms with van der Waals surface area (Å²) in [6, 6.07) is 8.68. The molecule has 26 heavy (non-hydrogen) atoms. The zero-order valence-electron chi connectivity index (χ0n) is 15.6. The van der Waals surface area contributed by atoms with Gasteiger partial charge in [0.25, 0.3) is 0 Å². The Bertz CT molecular complexity index is 916. The molecule has 1 saturated heterocycles. The maximum absolute atomic E-state index is 10.9. The van der Waals surface area contributed by atoms with E-state index in [1.54, 1.807) is 15.9 Å². The van der Waals surface area contributed by atoms with Crippen molar-refractivity contribution in [2.45, 2.75) is 46.1 Å². The van der Waals surface area contributed by atoms with Crippen LogP contribution in [0, 0.1) is 12.8 Å². The summed E-state index contributed by atoms with van der Waals surface area (Å²) >= 11 is 1.56. The Morgan fingerprint density at radius 3 is 2.92 bits per heavy atom. The zero-order valence-corrected chi connectivity index (χ0v) is 16.5. The quantitative estimate of drug-likeness (QED) is 0.748. The maximum Gasteiger partial charge on any atom is 0.230 e. The number of benzene rings is 1. The highest BCUT2D eigenvalue weighted by atomic mass is 32.1. The van der Waals surface area contributed by atoms with Gasteiger partial charge in [0.1, 0.15) is 0 Å². The minimum Gasteiger partial charge on any atom is -0.492 e. The minimum atomic E-state index is 0.0521. The highest BCUT2D eigenvalue weighted by Crippen LogP contribution is 2.41. The number of hydrogen-bond acceptors (Lipinski definition) is 5. The molecule has 2 aromatic heterocycles. The van der Waals surface area contributed by atoms with Gasteiger partial charge in [-0.1, -0.05) is 55.0 Å². The van der Waals surface area contributed by atoms with Crippen molar-refractivity contribution >= 4 is 16.3 Å². The van der Waals surface area contributed by atoms with E-state index < -0.39 is 0 Å². The SMILES string of the molecule is CCc1nc2sc([C@@H](c3cccc(C)c3)N3CCC[C@@H](C)C3)c(O)n2n1. The third kappa shape index (κ3) is 3.12. The monoisotopic (exact) mass is 370 g/mol. The normalized spacial score (nSPS) is 19.9. The first kappa shape index (κ1) is 17.5. The highest BCUT2D eigenvalue weighted by molar-refractivity contribution is 7.17. The Balaban J connectivity index is 1.82. The molecule has 1 aliphatic heterocycles. The molecular weight excluding hydrogens is 344 g/mol. The molecule has 0 aliphatic carbocycles. The Morgan fingerprint density at radius 2 is 2.23 bits per heavy atom. The van der Waals surface area contributed by atoms with Gasteiger partial charge in [0, 0.05) is 13.0 Å². The molecule has 0 spiro atoms. The summed E-state index contributed by atoms with van der Waals surface area (Å²) in [7, 11) is 0. The summed E-state index contributed by atoms with van der Waals surface area (Å²) in [5.41, 5.74) is 2.47. The molecule has 138 valence electrons. The molecule has 1 aliphatic rings. The Hall–Kier alpha value is -1.92. The second kappa shape index (κ2) is 7.00. The van der Waals surface area contributed by atoms with E-state index in [4.69, 9.17) is 0 Å². The predicted molar refractivity (Wildman–Crippen MR) is 105 cm³/mol. The lowest BCUT2D eigenvalue weighted by Gasteiger charge is -2.37. The number of aryl methyl sites for hydroxylation is 2. The smallest absolute Gasteiger partial charge is 0.230 e. The molecule has 2 atom stereocenters. The summed E-state index contributed by atoms with van der Waals surface area (Å²) in [6.07, 6.45) is 3.25. The average Bonchev–Trinajstić information content (AvgIpc) is 3.15. The van der Waals surface area contributed by atoms with Crippen molar-refractivity contribution in [3.63, 3.8) is 0 Å². The van der Waals surface area contributed by atoms with Gasteiger partial charge in [-0.05, 0) is 37.8 Å². The van der Waals surface area contributed by atoms with Gasteiger partial charge in [-0.15, -0.1) is 5.10 Å². The van der Waals surface area contributed by atoms with Gasteiger partial charge >= 0.3 is 0 Å². The minimum absolute atomic E-state index is 0.0521. The van der Waals surface area contributed by atoms with Crippen LogP contribution in [-0.2, 0) is 6.42 Å². The van der Waals surface area contributed by atoms with E-state index in [9.17, 15) is 5.11 Å². The van der Waals surface area contributed by atoms with Crippen LogP contribution >= 0.6 is 11.3 Å². The largest absolute Gasteiger partial charge is 0.492 e. The third-order valence-corrected chi connectivity index (χ3v) is 6.29. The number of rotatable bonds is 4. The second-order valence-electron chi connectivity index (χ2n) is 7.42. The van der Waals surface area contributed by atoms with E-state index in [0.29, 0.717) is 5.92 Å². The summed E-state index contributed by atoms with van der Waals surface area (Å²) < 4.78 is 1.61. The number of thiazole rings is 1. The summed E-state index contributed by atoms with van der Waals surface area (Å²) in [5, 5.41) is 15.4. The lowest BCUT2D eigenvalue weighted by Crippen LogP contribution is -2.37. The zero-order chi connectivity index (χ0) is 18.3. The van der Waals surface area contributed by atoms with Crippen LogP contribution in [0.2, 0.25) is 0 Å². The van der Waals surface area contributed by atoms with Crippen LogP contribution in [0.4, 0.5) is 0 Å². The van der Waals surface area contributed by atoms with Crippen LogP contribution in [0.3, 0.4) is 0 Å². The van der Waals surface area contributed by atoms with Crippen LogP contribution in [0.25, 0.3) is 4.96 Å². The van der Waals surface area contributed by atoms with Gasteiger partial charge in [-0.3, -0.25) is 4.90 Å². The number of piperidine rings is 1. The fourth-order valence-corrected chi connectivity index (χ4v) is 5.08. The molecular formula is C20H26N4OS. The molecule has 1 N–H and O–H groups in total. The van der Waals surface area contributed by atoms with Crippen molar-refractivity contribution in [2.75, 3.05) is 13.1 Å². The van der Waals surface area contributed by atoms with Crippen molar-refractivity contribution in [3.8, 4) is 5.88 Å². The number of aromatic nitrogens is 3. The Morgan fingerprint density at radius 1 is 1.38 bits per heavy atom. The summed E-state index contributed by atoms with van der Waals surface area (Å²) in [5.74, 6) is 1.69. The molecule has 4 rings (SSSR count). The molecule has 0 amide bonds. The van der Waals surface area contributed by atoms with Gasteiger partial charge in [-0.25, -0.2) is 4.98 Å². The Labute approximate surface area is 158 Å². The number of likely N-dealkylation sites (tertiary alicyclic amines) is 1. The van der Waals surface area contributed by atoms with Gasteiger partial charge in [-0.2, -0.15) is 4.52 Å². The first-order chi connectivity index (χ1) is 12.6. The summed E-state index contributed by atoms with van der Waals surface area (Å²) in [4.78, 5) is 8.79. The van der Waals surface area contributed by atoms with E-state index in [1.165, 1.54) is 24.0 Å². The van der Waals surface area contributed by atoms with Crippen LogP contribution in [0.5, 0.6) is 5.88 Å². The predicted octanol–water partition coefficient (Wildman–Crippen LogP) is 4.19. The molecule has 3 aromatic rings. The van der Waals surface area contributed by atoms with Crippen molar-refractivity contribution in [1.29, 1.82) is 0 Å². The molecule has 6 heteroatoms. The number of aromatic hydroxyl groups is 1. The summed E-state index contributed by atoms with van der Waals surface area (Å²) in [6.45, 7) is 8.56. The van der Waals surface area contributed by atoms with Crippen LogP contribution in [0.15, 0.2) is 24.3 Å². The highest BCUT2D eigenvalue weighted by Gasteiger charge is 2.31. The van der Waals surface area contributed by atoms with Crippen molar-refractivity contribution in [3.05, 3.63) is 46.1 Å². The maximum atomic E-state index is 10.9. The van der Waals surface area contributed by atoms with E-state index in [0.717, 1.165) is 35.2 Å². The standard InChI is InChI=1S/C20H26N4OS/c1-4-16-21-20-24(22-16)19(25)18(26-20)17(15-9-5-7-13(2)11-15)23-10-6-8-14(3)12-23/h5,7,9,11,14,17,25H,4,6,8,10,12H2,1-3H3/t14-,17-/m1/s1. The van der Waals surface area contributed by atoms with Crippen LogP contribution in [0.1, 0.15) is 54.6 Å².